The normalized spacial score (nSPS) is 23.4. The van der Waals surface area contributed by atoms with E-state index in [9.17, 15) is 9.59 Å². The number of rotatable bonds is 6. The third-order valence-corrected chi connectivity index (χ3v) is 4.79. The van der Waals surface area contributed by atoms with Gasteiger partial charge < -0.3 is 14.8 Å². The van der Waals surface area contributed by atoms with Gasteiger partial charge in [0, 0.05) is 6.04 Å². The number of ether oxygens (including phenoxy) is 2. The van der Waals surface area contributed by atoms with Crippen LogP contribution in [0.5, 0.6) is 5.75 Å². The number of esters is 1. The Bertz CT molecular complexity index is 572. The van der Waals surface area contributed by atoms with Gasteiger partial charge in [-0.25, -0.2) is 4.79 Å². The van der Waals surface area contributed by atoms with Gasteiger partial charge in [0.2, 0.25) is 0 Å². The first-order chi connectivity index (χ1) is 11.5. The van der Waals surface area contributed by atoms with Gasteiger partial charge in [0.25, 0.3) is 5.91 Å². The lowest BCUT2D eigenvalue weighted by atomic mass is 9.78. The molecule has 0 aliphatic heterocycles. The first-order valence-corrected chi connectivity index (χ1v) is 8.71. The molecule has 0 bridgehead atoms. The minimum absolute atomic E-state index is 0.163. The highest BCUT2D eigenvalue weighted by molar-refractivity contribution is 5.94. The van der Waals surface area contributed by atoms with Crippen LogP contribution >= 0.6 is 0 Å². The molecule has 0 saturated heterocycles. The summed E-state index contributed by atoms with van der Waals surface area (Å²) in [6, 6.07) is 7.04. The van der Waals surface area contributed by atoms with E-state index in [1.807, 2.05) is 6.92 Å². The molecule has 1 aliphatic carbocycles. The Morgan fingerprint density at radius 2 is 1.96 bits per heavy atom. The van der Waals surface area contributed by atoms with Crippen LogP contribution in [0.25, 0.3) is 0 Å². The number of carbonyl (C=O) groups is 2. The molecule has 1 aromatic carbocycles. The molecule has 0 aromatic heterocycles. The Kier molecular flexibility index (Phi) is 6.64. The van der Waals surface area contributed by atoms with Crippen LogP contribution in [-0.4, -0.2) is 31.1 Å². The Balaban J connectivity index is 1.86. The van der Waals surface area contributed by atoms with Gasteiger partial charge in [-0.05, 0) is 37.3 Å². The molecule has 0 heterocycles. The summed E-state index contributed by atoms with van der Waals surface area (Å²) in [5.41, 5.74) is 0.340. The molecule has 1 fully saturated rings. The fourth-order valence-electron chi connectivity index (χ4n) is 3.16. The molecule has 2 rings (SSSR count). The highest BCUT2D eigenvalue weighted by Crippen LogP contribution is 2.29. The molecule has 3 atom stereocenters. The van der Waals surface area contributed by atoms with Crippen molar-refractivity contribution in [3.8, 4) is 5.75 Å². The fourth-order valence-corrected chi connectivity index (χ4v) is 3.16. The van der Waals surface area contributed by atoms with Crippen molar-refractivity contribution in [2.75, 3.05) is 13.2 Å². The van der Waals surface area contributed by atoms with E-state index in [4.69, 9.17) is 9.47 Å². The third kappa shape index (κ3) is 4.73. The van der Waals surface area contributed by atoms with Crippen molar-refractivity contribution >= 4 is 11.9 Å². The van der Waals surface area contributed by atoms with E-state index < -0.39 is 5.97 Å². The summed E-state index contributed by atoms with van der Waals surface area (Å²) in [7, 11) is 0. The number of nitrogens with one attached hydrogen (secondary N) is 1. The summed E-state index contributed by atoms with van der Waals surface area (Å²) < 4.78 is 10.6. The lowest BCUT2D eigenvalue weighted by Gasteiger charge is -2.34. The monoisotopic (exact) mass is 333 g/mol. The van der Waals surface area contributed by atoms with Crippen molar-refractivity contribution < 1.29 is 19.1 Å². The van der Waals surface area contributed by atoms with E-state index in [-0.39, 0.29) is 18.6 Å². The average Bonchev–Trinajstić information content (AvgIpc) is 2.58. The second kappa shape index (κ2) is 8.71. The van der Waals surface area contributed by atoms with Gasteiger partial charge in [-0.3, -0.25) is 4.79 Å². The van der Waals surface area contributed by atoms with Crippen molar-refractivity contribution in [1.29, 1.82) is 0 Å². The van der Waals surface area contributed by atoms with Gasteiger partial charge in [-0.2, -0.15) is 0 Å². The van der Waals surface area contributed by atoms with Crippen LogP contribution in [0.15, 0.2) is 24.3 Å². The third-order valence-electron chi connectivity index (χ3n) is 4.79. The van der Waals surface area contributed by atoms with Gasteiger partial charge in [-0.15, -0.1) is 0 Å². The predicted octanol–water partition coefficient (Wildman–Crippen LogP) is 3.18. The molecular weight excluding hydrogens is 306 g/mol. The van der Waals surface area contributed by atoms with E-state index >= 15 is 0 Å². The number of benzene rings is 1. The highest BCUT2D eigenvalue weighted by Gasteiger charge is 2.28. The van der Waals surface area contributed by atoms with E-state index in [1.54, 1.807) is 24.3 Å². The zero-order chi connectivity index (χ0) is 17.5. The van der Waals surface area contributed by atoms with Crippen LogP contribution in [0.3, 0.4) is 0 Å². The standard InChI is InChI=1S/C19H27NO4/c1-4-23-17-11-6-5-9-15(17)19(22)24-12-18(21)20-16-10-7-8-13(2)14(16)3/h5-6,9,11,13-14,16H,4,7-8,10,12H2,1-3H3,(H,20,21). The number of hydrogen-bond acceptors (Lipinski definition) is 4. The second-order valence-electron chi connectivity index (χ2n) is 6.45. The van der Waals surface area contributed by atoms with E-state index in [1.165, 1.54) is 6.42 Å². The second-order valence-corrected chi connectivity index (χ2v) is 6.45. The molecule has 24 heavy (non-hydrogen) atoms. The van der Waals surface area contributed by atoms with Crippen LogP contribution < -0.4 is 10.1 Å². The maximum absolute atomic E-state index is 12.2. The molecule has 1 aliphatic rings. The number of carbonyl (C=O) groups excluding carboxylic acids is 2. The molecule has 1 amide bonds. The molecule has 132 valence electrons. The molecule has 5 nitrogen and oxygen atoms in total. The van der Waals surface area contributed by atoms with Gasteiger partial charge in [0.1, 0.15) is 11.3 Å². The lowest BCUT2D eigenvalue weighted by Crippen LogP contribution is -2.45. The Hall–Kier alpha value is -2.04. The topological polar surface area (TPSA) is 64.6 Å². The summed E-state index contributed by atoms with van der Waals surface area (Å²) >= 11 is 0. The molecule has 3 unspecified atom stereocenters. The molecule has 0 radical (unpaired) electrons. The van der Waals surface area contributed by atoms with E-state index in [2.05, 4.69) is 19.2 Å². The van der Waals surface area contributed by atoms with E-state index in [0.717, 1.165) is 12.8 Å². The fraction of sp³-hybridized carbons (Fsp3) is 0.579. The minimum Gasteiger partial charge on any atom is -0.493 e. The molecule has 1 saturated carbocycles. The van der Waals surface area contributed by atoms with Crippen molar-refractivity contribution in [1.82, 2.24) is 5.32 Å². The zero-order valence-corrected chi connectivity index (χ0v) is 14.7. The quantitative estimate of drug-likeness (QED) is 0.812. The van der Waals surface area contributed by atoms with Gasteiger partial charge >= 0.3 is 5.97 Å². The van der Waals surface area contributed by atoms with Crippen LogP contribution in [-0.2, 0) is 9.53 Å². The summed E-state index contributed by atoms with van der Waals surface area (Å²) in [6.07, 6.45) is 3.31. The SMILES string of the molecule is CCOc1ccccc1C(=O)OCC(=O)NC1CCCC(C)C1C. The van der Waals surface area contributed by atoms with Crippen LogP contribution in [0.4, 0.5) is 0 Å². The first kappa shape index (κ1) is 18.3. The predicted molar refractivity (Wildman–Crippen MR) is 92.0 cm³/mol. The molecule has 5 heteroatoms. The average molecular weight is 333 g/mol. The Labute approximate surface area is 143 Å². The maximum Gasteiger partial charge on any atom is 0.342 e. The van der Waals surface area contributed by atoms with Crippen LogP contribution in [0, 0.1) is 11.8 Å². The number of para-hydroxylation sites is 1. The Morgan fingerprint density at radius 1 is 1.21 bits per heavy atom. The van der Waals surface area contributed by atoms with E-state index in [0.29, 0.717) is 29.8 Å². The summed E-state index contributed by atoms with van der Waals surface area (Å²) in [5, 5.41) is 3.00. The first-order valence-electron chi connectivity index (χ1n) is 8.71. The van der Waals surface area contributed by atoms with Crippen molar-refractivity contribution in [3.63, 3.8) is 0 Å². The number of hydrogen-bond donors (Lipinski definition) is 1. The van der Waals surface area contributed by atoms with Crippen molar-refractivity contribution in [2.24, 2.45) is 11.8 Å². The minimum atomic E-state index is -0.542. The lowest BCUT2D eigenvalue weighted by molar-refractivity contribution is -0.125. The van der Waals surface area contributed by atoms with Crippen LogP contribution in [0.1, 0.15) is 50.4 Å². The largest absolute Gasteiger partial charge is 0.493 e. The summed E-state index contributed by atoms with van der Waals surface area (Å²) in [6.45, 7) is 6.42. The van der Waals surface area contributed by atoms with Crippen molar-refractivity contribution in [2.45, 2.75) is 46.1 Å². The maximum atomic E-state index is 12.2. The van der Waals surface area contributed by atoms with Gasteiger partial charge in [-0.1, -0.05) is 38.8 Å². The van der Waals surface area contributed by atoms with Gasteiger partial charge in [0.05, 0.1) is 6.61 Å². The summed E-state index contributed by atoms with van der Waals surface area (Å²) in [4.78, 5) is 24.3. The molecular formula is C19H27NO4. The Morgan fingerprint density at radius 3 is 2.71 bits per heavy atom. The molecule has 0 spiro atoms. The van der Waals surface area contributed by atoms with Crippen molar-refractivity contribution in [3.05, 3.63) is 29.8 Å². The summed E-state index contributed by atoms with van der Waals surface area (Å²) in [5.74, 6) is 0.726. The molecule has 1 N–H and O–H groups in total. The zero-order valence-electron chi connectivity index (χ0n) is 14.7. The smallest absolute Gasteiger partial charge is 0.342 e. The highest BCUT2D eigenvalue weighted by atomic mass is 16.5. The van der Waals surface area contributed by atoms with Gasteiger partial charge in [0.15, 0.2) is 6.61 Å². The number of amides is 1. The molecule has 1 aromatic rings. The van der Waals surface area contributed by atoms with Crippen LogP contribution in [0.2, 0.25) is 0 Å².